The second-order valence-electron chi connectivity index (χ2n) is 5.91. The summed E-state index contributed by atoms with van der Waals surface area (Å²) in [6, 6.07) is 4.69. The normalized spacial score (nSPS) is 27.5. The molecule has 108 valence electrons. The Morgan fingerprint density at radius 3 is 3.10 bits per heavy atom. The molecule has 1 aliphatic heterocycles. The van der Waals surface area contributed by atoms with Crippen LogP contribution < -0.4 is 5.73 Å². The predicted octanol–water partition coefficient (Wildman–Crippen LogP) is 1.94. The van der Waals surface area contributed by atoms with Crippen LogP contribution in [0.15, 0.2) is 23.5 Å². The molecule has 20 heavy (non-hydrogen) atoms. The molecule has 0 aromatic carbocycles. The summed E-state index contributed by atoms with van der Waals surface area (Å²) in [5, 5.41) is 11.7. The number of hydrogen-bond donors (Lipinski definition) is 2. The Morgan fingerprint density at radius 1 is 1.40 bits per heavy atom. The van der Waals surface area contributed by atoms with E-state index in [0.29, 0.717) is 5.69 Å². The molecule has 1 aliphatic carbocycles. The third-order valence-electron chi connectivity index (χ3n) is 4.71. The van der Waals surface area contributed by atoms with E-state index in [4.69, 9.17) is 10.9 Å². The summed E-state index contributed by atoms with van der Waals surface area (Å²) in [4.78, 5) is 6.72. The number of nitrogens with zero attached hydrogens (tertiary/aromatic N) is 3. The molecule has 5 nitrogen and oxygen atoms in total. The number of nitrogens with two attached hydrogens (primary N) is 1. The smallest absolute Gasteiger partial charge is 0.188 e. The van der Waals surface area contributed by atoms with Crippen LogP contribution in [0, 0.1) is 5.92 Å². The molecule has 2 atom stereocenters. The average molecular weight is 274 g/mol. The molecule has 2 unspecified atom stereocenters. The summed E-state index contributed by atoms with van der Waals surface area (Å²) in [6.07, 6.45) is 8.57. The van der Waals surface area contributed by atoms with Crippen LogP contribution in [0.25, 0.3) is 0 Å². The lowest BCUT2D eigenvalue weighted by Gasteiger charge is -2.31. The van der Waals surface area contributed by atoms with Gasteiger partial charge in [0.15, 0.2) is 5.84 Å². The molecule has 1 saturated carbocycles. The van der Waals surface area contributed by atoms with Crippen molar-refractivity contribution in [3.8, 4) is 0 Å². The van der Waals surface area contributed by atoms with Crippen LogP contribution in [-0.2, 0) is 6.54 Å². The summed E-state index contributed by atoms with van der Waals surface area (Å²) in [6.45, 7) is 2.13. The summed E-state index contributed by atoms with van der Waals surface area (Å²) in [5.41, 5.74) is 7.33. The van der Waals surface area contributed by atoms with Crippen molar-refractivity contribution in [1.29, 1.82) is 0 Å². The second-order valence-corrected chi connectivity index (χ2v) is 5.91. The molecule has 0 amide bonds. The van der Waals surface area contributed by atoms with E-state index in [-0.39, 0.29) is 5.84 Å². The molecule has 5 heteroatoms. The molecule has 0 radical (unpaired) electrons. The lowest BCUT2D eigenvalue weighted by Crippen LogP contribution is -2.34. The first-order chi connectivity index (χ1) is 9.78. The molecule has 0 spiro atoms. The van der Waals surface area contributed by atoms with E-state index in [2.05, 4.69) is 15.0 Å². The number of amidine groups is 1. The van der Waals surface area contributed by atoms with Gasteiger partial charge < -0.3 is 10.9 Å². The Balaban J connectivity index is 1.71. The number of hydrogen-bond acceptors (Lipinski definition) is 4. The van der Waals surface area contributed by atoms with Gasteiger partial charge in [0.2, 0.25) is 0 Å². The predicted molar refractivity (Wildman–Crippen MR) is 77.5 cm³/mol. The molecular weight excluding hydrogens is 252 g/mol. The van der Waals surface area contributed by atoms with Crippen LogP contribution in [0.1, 0.15) is 43.4 Å². The van der Waals surface area contributed by atoms with Gasteiger partial charge in [-0.05, 0) is 49.4 Å². The third-order valence-corrected chi connectivity index (χ3v) is 4.71. The number of oxime groups is 1. The topological polar surface area (TPSA) is 74.7 Å². The van der Waals surface area contributed by atoms with Crippen LogP contribution in [-0.4, -0.2) is 33.5 Å². The zero-order valence-corrected chi connectivity index (χ0v) is 11.7. The van der Waals surface area contributed by atoms with Crippen LogP contribution in [0.2, 0.25) is 0 Å². The zero-order chi connectivity index (χ0) is 13.9. The van der Waals surface area contributed by atoms with Crippen molar-refractivity contribution in [2.24, 2.45) is 16.8 Å². The molecule has 2 fully saturated rings. The first-order valence-corrected chi connectivity index (χ1v) is 7.45. The number of pyridine rings is 1. The lowest BCUT2D eigenvalue weighted by molar-refractivity contribution is 0.176. The average Bonchev–Trinajstić information content (AvgIpc) is 2.90. The Labute approximate surface area is 119 Å². The summed E-state index contributed by atoms with van der Waals surface area (Å²) in [5.74, 6) is 0.970. The lowest BCUT2D eigenvalue weighted by atomic mass is 9.85. The SMILES string of the molecule is N/C(=N/O)c1cc(CN2CCC3CCCCC32)ccn1. The van der Waals surface area contributed by atoms with Crippen molar-refractivity contribution >= 4 is 5.84 Å². The summed E-state index contributed by atoms with van der Waals surface area (Å²) < 4.78 is 0. The van der Waals surface area contributed by atoms with Gasteiger partial charge in [-0.1, -0.05) is 18.0 Å². The first-order valence-electron chi connectivity index (χ1n) is 7.45. The van der Waals surface area contributed by atoms with Gasteiger partial charge in [0.25, 0.3) is 0 Å². The van der Waals surface area contributed by atoms with Gasteiger partial charge in [0, 0.05) is 18.8 Å². The van der Waals surface area contributed by atoms with Crippen LogP contribution >= 0.6 is 0 Å². The van der Waals surface area contributed by atoms with Gasteiger partial charge in [-0.3, -0.25) is 9.88 Å². The van der Waals surface area contributed by atoms with Gasteiger partial charge in [-0.15, -0.1) is 0 Å². The molecule has 1 aromatic rings. The Kier molecular flexibility index (Phi) is 3.87. The maximum Gasteiger partial charge on any atom is 0.188 e. The van der Waals surface area contributed by atoms with Crippen LogP contribution in [0.5, 0.6) is 0 Å². The highest BCUT2D eigenvalue weighted by atomic mass is 16.4. The number of aromatic nitrogens is 1. The van der Waals surface area contributed by atoms with E-state index in [1.54, 1.807) is 6.20 Å². The van der Waals surface area contributed by atoms with Gasteiger partial charge in [-0.25, -0.2) is 0 Å². The molecule has 2 aliphatic rings. The highest BCUT2D eigenvalue weighted by Crippen LogP contribution is 2.36. The number of rotatable bonds is 3. The largest absolute Gasteiger partial charge is 0.409 e. The van der Waals surface area contributed by atoms with E-state index in [0.717, 1.165) is 18.5 Å². The first kappa shape index (κ1) is 13.4. The van der Waals surface area contributed by atoms with E-state index in [1.165, 1.54) is 44.2 Å². The molecule has 3 rings (SSSR count). The fourth-order valence-electron chi connectivity index (χ4n) is 3.70. The van der Waals surface area contributed by atoms with Crippen LogP contribution in [0.4, 0.5) is 0 Å². The fourth-order valence-corrected chi connectivity index (χ4v) is 3.70. The van der Waals surface area contributed by atoms with Gasteiger partial charge >= 0.3 is 0 Å². The zero-order valence-electron chi connectivity index (χ0n) is 11.7. The quantitative estimate of drug-likeness (QED) is 0.382. The van der Waals surface area contributed by atoms with E-state index >= 15 is 0 Å². The molecule has 1 aromatic heterocycles. The minimum atomic E-state index is 0.0730. The molecule has 3 N–H and O–H groups in total. The molecule has 1 saturated heterocycles. The highest BCUT2D eigenvalue weighted by molar-refractivity contribution is 5.95. The summed E-state index contributed by atoms with van der Waals surface area (Å²) in [7, 11) is 0. The number of likely N-dealkylation sites (tertiary alicyclic amines) is 1. The minimum Gasteiger partial charge on any atom is -0.409 e. The van der Waals surface area contributed by atoms with Crippen molar-refractivity contribution in [1.82, 2.24) is 9.88 Å². The minimum absolute atomic E-state index is 0.0730. The molecular formula is C15H22N4O. The maximum atomic E-state index is 8.73. The fraction of sp³-hybridized carbons (Fsp3) is 0.600. The highest BCUT2D eigenvalue weighted by Gasteiger charge is 2.35. The monoisotopic (exact) mass is 274 g/mol. The van der Waals surface area contributed by atoms with Crippen molar-refractivity contribution in [2.75, 3.05) is 6.54 Å². The third kappa shape index (κ3) is 2.63. The molecule has 0 bridgehead atoms. The van der Waals surface area contributed by atoms with Gasteiger partial charge in [0.05, 0.1) is 0 Å². The van der Waals surface area contributed by atoms with Crippen molar-refractivity contribution in [2.45, 2.75) is 44.7 Å². The standard InChI is InChI=1S/C15H22N4O/c16-15(18-20)13-9-11(5-7-17-13)10-19-8-6-12-3-1-2-4-14(12)19/h5,7,9,12,14,20H,1-4,6,8,10H2,(H2,16,18). The Morgan fingerprint density at radius 2 is 2.25 bits per heavy atom. The van der Waals surface area contributed by atoms with E-state index in [9.17, 15) is 0 Å². The van der Waals surface area contributed by atoms with Gasteiger partial charge in [-0.2, -0.15) is 0 Å². The van der Waals surface area contributed by atoms with Crippen LogP contribution in [0.3, 0.4) is 0 Å². The maximum absolute atomic E-state index is 8.73. The van der Waals surface area contributed by atoms with Gasteiger partial charge in [0.1, 0.15) is 5.69 Å². The van der Waals surface area contributed by atoms with Crippen molar-refractivity contribution in [3.63, 3.8) is 0 Å². The summed E-state index contributed by atoms with van der Waals surface area (Å²) >= 11 is 0. The van der Waals surface area contributed by atoms with E-state index in [1.807, 2.05) is 12.1 Å². The van der Waals surface area contributed by atoms with E-state index < -0.39 is 0 Å². The second kappa shape index (κ2) is 5.79. The Hall–Kier alpha value is -1.62. The van der Waals surface area contributed by atoms with Crippen molar-refractivity contribution < 1.29 is 5.21 Å². The molecule has 2 heterocycles. The number of fused-ring (bicyclic) bond motifs is 1. The van der Waals surface area contributed by atoms with Crippen molar-refractivity contribution in [3.05, 3.63) is 29.6 Å². The Bertz CT molecular complexity index is 502.